The van der Waals surface area contributed by atoms with E-state index < -0.39 is 17.8 Å². The molecule has 1 aromatic rings. The first kappa shape index (κ1) is 16.2. The second-order valence-electron chi connectivity index (χ2n) is 4.18. The minimum Gasteiger partial charge on any atom is -0.481 e. The average molecular weight is 303 g/mol. The molecule has 0 saturated carbocycles. The van der Waals surface area contributed by atoms with E-state index in [1.54, 1.807) is 0 Å². The summed E-state index contributed by atoms with van der Waals surface area (Å²) in [7, 11) is 0. The number of anilines is 1. The molecule has 0 fully saturated rings. The number of unbranched alkanes of at least 4 members (excludes halogenated alkanes) is 2. The molecule has 0 bridgehead atoms. The molecule has 0 saturated heterocycles. The van der Waals surface area contributed by atoms with E-state index in [2.05, 4.69) is 10.6 Å². The molecule has 0 atom stereocenters. The van der Waals surface area contributed by atoms with Crippen molar-refractivity contribution in [1.29, 1.82) is 0 Å². The molecule has 0 radical (unpaired) electrons. The van der Waals surface area contributed by atoms with Gasteiger partial charge in [-0.2, -0.15) is 0 Å². The third kappa shape index (κ3) is 5.88. The second-order valence-corrected chi connectivity index (χ2v) is 4.59. The van der Waals surface area contributed by atoms with Crippen LogP contribution in [0.15, 0.2) is 18.2 Å². The van der Waals surface area contributed by atoms with E-state index in [0.29, 0.717) is 25.8 Å². The number of hydrogen-bond acceptors (Lipinski definition) is 2. The third-order valence-electron chi connectivity index (χ3n) is 2.55. The number of carbonyl (C=O) groups excluding carboxylic acids is 1. The van der Waals surface area contributed by atoms with Crippen LogP contribution in [-0.2, 0) is 4.79 Å². The molecule has 0 aromatic heterocycles. The molecule has 1 aromatic carbocycles. The molecule has 20 heavy (non-hydrogen) atoms. The van der Waals surface area contributed by atoms with Crippen LogP contribution >= 0.6 is 11.6 Å². The van der Waals surface area contributed by atoms with Crippen LogP contribution in [0.2, 0.25) is 5.02 Å². The Balaban J connectivity index is 2.25. The van der Waals surface area contributed by atoms with E-state index in [0.717, 1.165) is 0 Å². The lowest BCUT2D eigenvalue weighted by molar-refractivity contribution is -0.137. The van der Waals surface area contributed by atoms with Crippen LogP contribution in [0.25, 0.3) is 0 Å². The lowest BCUT2D eigenvalue weighted by Gasteiger charge is -2.09. The molecule has 2 amide bonds. The molecule has 0 aliphatic rings. The predicted octanol–water partition coefficient (Wildman–Crippen LogP) is 3.25. The van der Waals surface area contributed by atoms with Crippen molar-refractivity contribution in [3.63, 3.8) is 0 Å². The zero-order valence-corrected chi connectivity index (χ0v) is 11.5. The van der Waals surface area contributed by atoms with Crippen LogP contribution < -0.4 is 10.6 Å². The van der Waals surface area contributed by atoms with Gasteiger partial charge in [0.15, 0.2) is 0 Å². The number of para-hydroxylation sites is 1. The van der Waals surface area contributed by atoms with Gasteiger partial charge in [0.1, 0.15) is 5.82 Å². The molecular weight excluding hydrogens is 287 g/mol. The fourth-order valence-corrected chi connectivity index (χ4v) is 1.77. The van der Waals surface area contributed by atoms with Gasteiger partial charge >= 0.3 is 12.0 Å². The van der Waals surface area contributed by atoms with Gasteiger partial charge in [0.2, 0.25) is 0 Å². The first-order chi connectivity index (χ1) is 9.50. The van der Waals surface area contributed by atoms with Crippen LogP contribution in [-0.4, -0.2) is 23.7 Å². The third-order valence-corrected chi connectivity index (χ3v) is 2.87. The maximum Gasteiger partial charge on any atom is 0.319 e. The Kier molecular flexibility index (Phi) is 6.79. The lowest BCUT2D eigenvalue weighted by Crippen LogP contribution is -2.30. The largest absolute Gasteiger partial charge is 0.481 e. The number of carbonyl (C=O) groups is 2. The summed E-state index contributed by atoms with van der Waals surface area (Å²) < 4.78 is 13.4. The van der Waals surface area contributed by atoms with Crippen molar-refractivity contribution in [3.8, 4) is 0 Å². The molecule has 0 unspecified atom stereocenters. The number of aliphatic carboxylic acids is 1. The molecule has 0 aliphatic carbocycles. The van der Waals surface area contributed by atoms with E-state index in [-0.39, 0.29) is 17.1 Å². The zero-order valence-electron chi connectivity index (χ0n) is 10.8. The van der Waals surface area contributed by atoms with E-state index in [4.69, 9.17) is 16.7 Å². The van der Waals surface area contributed by atoms with Crippen LogP contribution in [0.3, 0.4) is 0 Å². The number of carboxylic acid groups (broad SMARTS) is 1. The molecular formula is C13H16ClFN2O3. The molecule has 5 nitrogen and oxygen atoms in total. The van der Waals surface area contributed by atoms with Crippen LogP contribution in [0, 0.1) is 5.82 Å². The van der Waals surface area contributed by atoms with E-state index in [1.165, 1.54) is 18.2 Å². The number of carboxylic acids is 1. The van der Waals surface area contributed by atoms with Crippen molar-refractivity contribution in [2.24, 2.45) is 0 Å². The normalized spacial score (nSPS) is 10.1. The monoisotopic (exact) mass is 302 g/mol. The van der Waals surface area contributed by atoms with Gasteiger partial charge in [-0.3, -0.25) is 4.79 Å². The smallest absolute Gasteiger partial charge is 0.319 e. The maximum atomic E-state index is 13.4. The van der Waals surface area contributed by atoms with Crippen LogP contribution in [0.1, 0.15) is 25.7 Å². The lowest BCUT2D eigenvalue weighted by atomic mass is 10.2. The van der Waals surface area contributed by atoms with Crippen molar-refractivity contribution in [2.75, 3.05) is 11.9 Å². The summed E-state index contributed by atoms with van der Waals surface area (Å²) >= 11 is 5.77. The van der Waals surface area contributed by atoms with Crippen molar-refractivity contribution in [2.45, 2.75) is 25.7 Å². The van der Waals surface area contributed by atoms with Crippen molar-refractivity contribution < 1.29 is 19.1 Å². The first-order valence-electron chi connectivity index (χ1n) is 6.21. The molecule has 0 aliphatic heterocycles. The van der Waals surface area contributed by atoms with Crippen LogP contribution in [0.5, 0.6) is 0 Å². The topological polar surface area (TPSA) is 78.4 Å². The van der Waals surface area contributed by atoms with E-state index in [1.807, 2.05) is 0 Å². The van der Waals surface area contributed by atoms with Gasteiger partial charge in [-0.25, -0.2) is 9.18 Å². The van der Waals surface area contributed by atoms with Crippen molar-refractivity contribution >= 4 is 29.3 Å². The molecule has 1 rings (SSSR count). The second kappa shape index (κ2) is 8.37. The Morgan fingerprint density at radius 3 is 2.65 bits per heavy atom. The Labute approximate surface area is 121 Å². The Hall–Kier alpha value is -1.82. The van der Waals surface area contributed by atoms with Gasteiger partial charge in [0.25, 0.3) is 0 Å². The summed E-state index contributed by atoms with van der Waals surface area (Å²) in [5.41, 5.74) is -0.0578. The molecule has 7 heteroatoms. The fourth-order valence-electron chi connectivity index (χ4n) is 1.55. The summed E-state index contributed by atoms with van der Waals surface area (Å²) in [5, 5.41) is 13.5. The number of hydrogen-bond donors (Lipinski definition) is 3. The summed E-state index contributed by atoms with van der Waals surface area (Å²) in [6.07, 6.45) is 2.05. The first-order valence-corrected chi connectivity index (χ1v) is 6.59. The van der Waals surface area contributed by atoms with Gasteiger partial charge in [0, 0.05) is 13.0 Å². The van der Waals surface area contributed by atoms with E-state index >= 15 is 0 Å². The highest BCUT2D eigenvalue weighted by Gasteiger charge is 2.09. The molecule has 110 valence electrons. The molecule has 3 N–H and O–H groups in total. The summed E-state index contributed by atoms with van der Waals surface area (Å²) in [6.45, 7) is 0.386. The molecule has 0 spiro atoms. The van der Waals surface area contributed by atoms with Crippen LogP contribution in [0.4, 0.5) is 14.9 Å². The summed E-state index contributed by atoms with van der Waals surface area (Å²) in [5.74, 6) is -1.43. The number of rotatable bonds is 7. The van der Waals surface area contributed by atoms with Gasteiger partial charge in [-0.15, -0.1) is 0 Å². The quantitative estimate of drug-likeness (QED) is 0.677. The van der Waals surface area contributed by atoms with Gasteiger partial charge in [-0.1, -0.05) is 24.1 Å². The van der Waals surface area contributed by atoms with Gasteiger partial charge in [0.05, 0.1) is 10.7 Å². The number of halogens is 2. The minimum atomic E-state index is -0.829. The minimum absolute atomic E-state index is 0.0578. The average Bonchev–Trinajstić information content (AvgIpc) is 2.38. The maximum absolute atomic E-state index is 13.4. The standard InChI is InChI=1S/C13H16ClFN2O3/c14-9-5-4-6-10(15)12(9)17-13(20)16-8-3-1-2-7-11(18)19/h4-6H,1-3,7-8H2,(H,18,19)(H2,16,17,20). The number of urea groups is 1. The number of benzene rings is 1. The van der Waals surface area contributed by atoms with Gasteiger partial charge in [-0.05, 0) is 25.0 Å². The zero-order chi connectivity index (χ0) is 15.0. The summed E-state index contributed by atoms with van der Waals surface area (Å²) in [4.78, 5) is 21.8. The molecule has 0 heterocycles. The Bertz CT molecular complexity index is 462. The highest BCUT2D eigenvalue weighted by atomic mass is 35.5. The SMILES string of the molecule is O=C(O)CCCCCNC(=O)Nc1c(F)cccc1Cl. The number of amides is 2. The van der Waals surface area contributed by atoms with E-state index in [9.17, 15) is 14.0 Å². The Morgan fingerprint density at radius 2 is 2.00 bits per heavy atom. The fraction of sp³-hybridized carbons (Fsp3) is 0.385. The highest BCUT2D eigenvalue weighted by Crippen LogP contribution is 2.24. The Morgan fingerprint density at radius 1 is 1.25 bits per heavy atom. The predicted molar refractivity (Wildman–Crippen MR) is 74.5 cm³/mol. The number of nitrogens with one attached hydrogen (secondary N) is 2. The highest BCUT2D eigenvalue weighted by molar-refractivity contribution is 6.33. The van der Waals surface area contributed by atoms with Gasteiger partial charge < -0.3 is 15.7 Å². The summed E-state index contributed by atoms with van der Waals surface area (Å²) in [6, 6.07) is 3.58. The van der Waals surface area contributed by atoms with Crippen molar-refractivity contribution in [3.05, 3.63) is 29.0 Å². The van der Waals surface area contributed by atoms with Crippen molar-refractivity contribution in [1.82, 2.24) is 5.32 Å².